The Balaban J connectivity index is 1.34. The van der Waals surface area contributed by atoms with Gasteiger partial charge in [0.2, 0.25) is 5.75 Å². The van der Waals surface area contributed by atoms with Gasteiger partial charge in [-0.25, -0.2) is 4.98 Å². The molecule has 1 amide bonds. The minimum Gasteiger partial charge on any atom is -0.493 e. The molecule has 7 nitrogen and oxygen atoms in total. The van der Waals surface area contributed by atoms with Gasteiger partial charge in [0, 0.05) is 49.2 Å². The van der Waals surface area contributed by atoms with Crippen LogP contribution in [0.3, 0.4) is 0 Å². The van der Waals surface area contributed by atoms with E-state index in [2.05, 4.69) is 4.90 Å². The fourth-order valence-corrected chi connectivity index (χ4v) is 4.92. The van der Waals surface area contributed by atoms with E-state index in [4.69, 9.17) is 19.2 Å². The van der Waals surface area contributed by atoms with Gasteiger partial charge < -0.3 is 19.1 Å². The molecule has 1 aromatic heterocycles. The Labute approximate surface area is 217 Å². The van der Waals surface area contributed by atoms with E-state index in [-0.39, 0.29) is 5.91 Å². The minimum atomic E-state index is 0.0409. The van der Waals surface area contributed by atoms with E-state index < -0.39 is 0 Å². The first-order valence-electron chi connectivity index (χ1n) is 12.4. The van der Waals surface area contributed by atoms with E-state index in [1.807, 2.05) is 77.7 Å². The molecule has 0 radical (unpaired) electrons. The molecule has 5 rings (SSSR count). The number of para-hydroxylation sites is 1. The molecule has 0 unspecified atom stereocenters. The van der Waals surface area contributed by atoms with E-state index >= 15 is 0 Å². The van der Waals surface area contributed by atoms with E-state index in [0.29, 0.717) is 42.4 Å². The molecule has 7 heteroatoms. The molecule has 0 bridgehead atoms. The Morgan fingerprint density at radius 3 is 2.22 bits per heavy atom. The molecule has 1 aliphatic heterocycles. The lowest BCUT2D eigenvalue weighted by molar-refractivity contribution is 0.0629. The van der Waals surface area contributed by atoms with Crippen molar-refractivity contribution in [3.63, 3.8) is 0 Å². The smallest absolute Gasteiger partial charge is 0.254 e. The summed E-state index contributed by atoms with van der Waals surface area (Å²) in [5, 5.41) is 0.879. The minimum absolute atomic E-state index is 0.0409. The molecule has 0 aliphatic carbocycles. The first-order chi connectivity index (χ1) is 18.1. The fraction of sp³-hybridized carbons (Fsp3) is 0.267. The number of hydrogen-bond donors (Lipinski definition) is 0. The molecule has 190 valence electrons. The Kier molecular flexibility index (Phi) is 7.23. The molecular formula is C30H31N3O4. The van der Waals surface area contributed by atoms with Gasteiger partial charge in [0.25, 0.3) is 5.91 Å². The molecule has 1 saturated heterocycles. The van der Waals surface area contributed by atoms with Gasteiger partial charge in [-0.05, 0) is 18.2 Å². The number of pyridine rings is 1. The van der Waals surface area contributed by atoms with E-state index in [1.54, 1.807) is 21.3 Å². The maximum atomic E-state index is 13.7. The average molecular weight is 498 g/mol. The normalized spacial score (nSPS) is 14.0. The number of hydrogen-bond acceptors (Lipinski definition) is 6. The zero-order valence-corrected chi connectivity index (χ0v) is 21.4. The van der Waals surface area contributed by atoms with Crippen LogP contribution in [-0.2, 0) is 6.54 Å². The Hall–Kier alpha value is -4.10. The van der Waals surface area contributed by atoms with Crippen molar-refractivity contribution in [1.29, 1.82) is 0 Å². The molecular weight excluding hydrogens is 466 g/mol. The lowest BCUT2D eigenvalue weighted by Gasteiger charge is -2.35. The summed E-state index contributed by atoms with van der Waals surface area (Å²) in [7, 11) is 4.86. The van der Waals surface area contributed by atoms with Gasteiger partial charge in [-0.2, -0.15) is 0 Å². The molecule has 2 heterocycles. The maximum absolute atomic E-state index is 13.7. The summed E-state index contributed by atoms with van der Waals surface area (Å²) >= 11 is 0. The van der Waals surface area contributed by atoms with Crippen LogP contribution >= 0.6 is 0 Å². The predicted octanol–water partition coefficient (Wildman–Crippen LogP) is 4.89. The number of nitrogens with zero attached hydrogens (tertiary/aromatic N) is 3. The van der Waals surface area contributed by atoms with Crippen LogP contribution in [0.1, 0.15) is 15.9 Å². The Morgan fingerprint density at radius 1 is 0.811 bits per heavy atom. The van der Waals surface area contributed by atoms with Crippen molar-refractivity contribution in [1.82, 2.24) is 14.8 Å². The van der Waals surface area contributed by atoms with Crippen LogP contribution in [0.25, 0.3) is 22.2 Å². The van der Waals surface area contributed by atoms with Crippen LogP contribution in [0.15, 0.2) is 72.8 Å². The maximum Gasteiger partial charge on any atom is 0.254 e. The largest absolute Gasteiger partial charge is 0.493 e. The lowest BCUT2D eigenvalue weighted by atomic mass is 10.0. The number of aromatic nitrogens is 1. The van der Waals surface area contributed by atoms with Gasteiger partial charge in [0.15, 0.2) is 11.5 Å². The Morgan fingerprint density at radius 2 is 1.51 bits per heavy atom. The van der Waals surface area contributed by atoms with Crippen molar-refractivity contribution in [2.24, 2.45) is 0 Å². The number of carbonyl (C=O) groups excluding carboxylic acids is 1. The third-order valence-electron chi connectivity index (χ3n) is 6.86. The van der Waals surface area contributed by atoms with Gasteiger partial charge in [-0.3, -0.25) is 9.69 Å². The monoisotopic (exact) mass is 497 g/mol. The van der Waals surface area contributed by atoms with Crippen LogP contribution in [-0.4, -0.2) is 68.2 Å². The van der Waals surface area contributed by atoms with Crippen LogP contribution < -0.4 is 14.2 Å². The number of fused-ring (bicyclic) bond motifs is 1. The second-order valence-corrected chi connectivity index (χ2v) is 9.00. The molecule has 0 atom stereocenters. The van der Waals surface area contributed by atoms with Crippen LogP contribution in [0.2, 0.25) is 0 Å². The van der Waals surface area contributed by atoms with E-state index in [9.17, 15) is 4.79 Å². The number of benzene rings is 3. The quantitative estimate of drug-likeness (QED) is 0.363. The molecule has 1 fully saturated rings. The van der Waals surface area contributed by atoms with Gasteiger partial charge in [0.1, 0.15) is 0 Å². The summed E-state index contributed by atoms with van der Waals surface area (Å²) in [6, 6.07) is 23.7. The summed E-state index contributed by atoms with van der Waals surface area (Å²) in [6.45, 7) is 3.51. The van der Waals surface area contributed by atoms with Crippen molar-refractivity contribution in [3.8, 4) is 28.5 Å². The van der Waals surface area contributed by atoms with E-state index in [1.165, 1.54) is 0 Å². The second kappa shape index (κ2) is 10.9. The topological polar surface area (TPSA) is 64.1 Å². The molecule has 0 N–H and O–H groups in total. The highest BCUT2D eigenvalue weighted by Gasteiger charge is 2.26. The highest BCUT2D eigenvalue weighted by molar-refractivity contribution is 6.07. The molecule has 0 spiro atoms. The highest BCUT2D eigenvalue weighted by Crippen LogP contribution is 2.40. The van der Waals surface area contributed by atoms with Crippen molar-refractivity contribution >= 4 is 16.8 Å². The summed E-state index contributed by atoms with van der Waals surface area (Å²) in [5.74, 6) is 1.95. The fourth-order valence-electron chi connectivity index (χ4n) is 4.92. The second-order valence-electron chi connectivity index (χ2n) is 9.00. The van der Waals surface area contributed by atoms with Crippen LogP contribution in [0.5, 0.6) is 17.2 Å². The van der Waals surface area contributed by atoms with Crippen LogP contribution in [0.4, 0.5) is 0 Å². The Bertz CT molecular complexity index is 1400. The van der Waals surface area contributed by atoms with Gasteiger partial charge in [-0.1, -0.05) is 54.6 Å². The summed E-state index contributed by atoms with van der Waals surface area (Å²) < 4.78 is 16.6. The molecule has 0 saturated carbocycles. The highest BCUT2D eigenvalue weighted by atomic mass is 16.5. The first-order valence-corrected chi connectivity index (χ1v) is 12.4. The lowest BCUT2D eigenvalue weighted by Crippen LogP contribution is -2.48. The standard InChI is InChI=1S/C30H31N3O4/c1-35-27-14-13-22(28(36-2)29(27)37-3)20-32-15-17-33(18-16-32)30(34)24-19-26(21-9-5-4-6-10-21)31-25-12-8-7-11-23(24)25/h4-14,19H,15-18,20H2,1-3H3. The van der Waals surface area contributed by atoms with Gasteiger partial charge in [-0.15, -0.1) is 0 Å². The van der Waals surface area contributed by atoms with Crippen molar-refractivity contribution in [2.75, 3.05) is 47.5 Å². The zero-order chi connectivity index (χ0) is 25.8. The summed E-state index contributed by atoms with van der Waals surface area (Å²) in [6.07, 6.45) is 0. The number of rotatable bonds is 7. The predicted molar refractivity (Wildman–Crippen MR) is 144 cm³/mol. The third kappa shape index (κ3) is 4.95. The zero-order valence-electron chi connectivity index (χ0n) is 21.4. The number of methoxy groups -OCH3 is 3. The molecule has 37 heavy (non-hydrogen) atoms. The molecule has 1 aliphatic rings. The van der Waals surface area contributed by atoms with Crippen LogP contribution in [0, 0.1) is 0 Å². The SMILES string of the molecule is COc1ccc(CN2CCN(C(=O)c3cc(-c4ccccc4)nc4ccccc34)CC2)c(OC)c1OC. The number of ether oxygens (including phenoxy) is 3. The molecule has 3 aromatic carbocycles. The number of carbonyl (C=O) groups is 1. The van der Waals surface area contributed by atoms with Crippen molar-refractivity contribution in [3.05, 3.63) is 83.9 Å². The first kappa shape index (κ1) is 24.6. The molecule has 4 aromatic rings. The average Bonchev–Trinajstić information content (AvgIpc) is 2.96. The summed E-state index contributed by atoms with van der Waals surface area (Å²) in [5.41, 5.74) is 4.34. The van der Waals surface area contributed by atoms with Gasteiger partial charge in [0.05, 0.1) is 38.1 Å². The van der Waals surface area contributed by atoms with E-state index in [0.717, 1.165) is 40.8 Å². The third-order valence-corrected chi connectivity index (χ3v) is 6.86. The van der Waals surface area contributed by atoms with Crippen molar-refractivity contribution in [2.45, 2.75) is 6.54 Å². The number of piperazine rings is 1. The van der Waals surface area contributed by atoms with Gasteiger partial charge >= 0.3 is 0 Å². The summed E-state index contributed by atoms with van der Waals surface area (Å²) in [4.78, 5) is 22.8. The van der Waals surface area contributed by atoms with Crippen molar-refractivity contribution < 1.29 is 19.0 Å². The number of amides is 1.